The smallest absolute Gasteiger partial charge is 0.275 e. The molecule has 1 N–H and O–H groups in total. The molecule has 2 aromatic heterocycles. The van der Waals surface area contributed by atoms with Crippen molar-refractivity contribution in [1.29, 1.82) is 0 Å². The van der Waals surface area contributed by atoms with Crippen molar-refractivity contribution in [3.8, 4) is 0 Å². The fraction of sp³-hybridized carbons (Fsp3) is 0.0833. The molecule has 0 unspecified atom stereocenters. The van der Waals surface area contributed by atoms with Crippen LogP contribution in [0.5, 0.6) is 0 Å². The highest BCUT2D eigenvalue weighted by Crippen LogP contribution is 2.17. The summed E-state index contributed by atoms with van der Waals surface area (Å²) in [5.74, 6) is 0.258. The molecule has 0 aliphatic heterocycles. The third-order valence-corrected chi connectivity index (χ3v) is 3.14. The van der Waals surface area contributed by atoms with E-state index in [1.807, 2.05) is 13.0 Å². The van der Waals surface area contributed by atoms with Gasteiger partial charge in [0.25, 0.3) is 5.91 Å². The number of carbonyl (C=O) groups is 1. The molecular formula is C12H9Br2N3O. The van der Waals surface area contributed by atoms with E-state index in [4.69, 9.17) is 0 Å². The van der Waals surface area contributed by atoms with Gasteiger partial charge in [-0.2, -0.15) is 0 Å². The minimum atomic E-state index is -0.277. The van der Waals surface area contributed by atoms with E-state index in [0.29, 0.717) is 11.5 Å². The summed E-state index contributed by atoms with van der Waals surface area (Å²) >= 11 is 6.59. The van der Waals surface area contributed by atoms with Gasteiger partial charge in [-0.15, -0.1) is 0 Å². The fourth-order valence-electron chi connectivity index (χ4n) is 1.35. The number of carbonyl (C=O) groups excluding carboxylic acids is 1. The second kappa shape index (κ2) is 5.58. The normalized spacial score (nSPS) is 10.2. The summed E-state index contributed by atoms with van der Waals surface area (Å²) < 4.78 is 1.71. The van der Waals surface area contributed by atoms with Crippen LogP contribution < -0.4 is 5.32 Å². The van der Waals surface area contributed by atoms with Crippen LogP contribution in [0.4, 0.5) is 5.82 Å². The Bertz CT molecular complexity index is 584. The van der Waals surface area contributed by atoms with E-state index in [2.05, 4.69) is 47.1 Å². The van der Waals surface area contributed by atoms with Crippen LogP contribution in [0.2, 0.25) is 0 Å². The zero-order chi connectivity index (χ0) is 13.1. The van der Waals surface area contributed by atoms with Crippen molar-refractivity contribution >= 4 is 43.6 Å². The predicted octanol–water partition coefficient (Wildman–Crippen LogP) is 3.56. The van der Waals surface area contributed by atoms with Crippen LogP contribution in [-0.2, 0) is 0 Å². The van der Waals surface area contributed by atoms with Gasteiger partial charge in [0.05, 0.1) is 0 Å². The molecular weight excluding hydrogens is 362 g/mol. The maximum Gasteiger partial charge on any atom is 0.275 e. The second-order valence-electron chi connectivity index (χ2n) is 3.63. The molecule has 0 aliphatic rings. The summed E-state index contributed by atoms with van der Waals surface area (Å²) in [6.07, 6.45) is 3.22. The van der Waals surface area contributed by atoms with E-state index < -0.39 is 0 Å². The highest BCUT2D eigenvalue weighted by atomic mass is 79.9. The molecule has 18 heavy (non-hydrogen) atoms. The van der Waals surface area contributed by atoms with Crippen LogP contribution in [0.3, 0.4) is 0 Å². The van der Waals surface area contributed by atoms with E-state index in [9.17, 15) is 4.79 Å². The number of aryl methyl sites for hydroxylation is 1. The van der Waals surface area contributed by atoms with Crippen LogP contribution in [0.25, 0.3) is 0 Å². The van der Waals surface area contributed by atoms with Gasteiger partial charge in [-0.05, 0) is 62.5 Å². The first-order valence-corrected chi connectivity index (χ1v) is 6.70. The summed E-state index contributed by atoms with van der Waals surface area (Å²) in [5.41, 5.74) is 1.23. The van der Waals surface area contributed by atoms with Crippen molar-refractivity contribution in [2.45, 2.75) is 6.92 Å². The number of amides is 1. The Morgan fingerprint density at radius 3 is 2.50 bits per heavy atom. The van der Waals surface area contributed by atoms with Crippen molar-refractivity contribution in [2.75, 3.05) is 5.32 Å². The number of nitrogens with zero attached hydrogens (tertiary/aromatic N) is 2. The Labute approximate surface area is 121 Å². The molecule has 0 spiro atoms. The highest BCUT2D eigenvalue weighted by molar-refractivity contribution is 9.10. The molecule has 0 saturated heterocycles. The lowest BCUT2D eigenvalue weighted by atomic mass is 10.3. The predicted molar refractivity (Wildman–Crippen MR) is 76.6 cm³/mol. The van der Waals surface area contributed by atoms with Crippen LogP contribution in [0.1, 0.15) is 16.1 Å². The zero-order valence-electron chi connectivity index (χ0n) is 9.45. The second-order valence-corrected chi connectivity index (χ2v) is 5.47. The average molecular weight is 371 g/mol. The number of halogens is 2. The molecule has 0 fully saturated rings. The summed E-state index contributed by atoms with van der Waals surface area (Å²) in [4.78, 5) is 20.1. The van der Waals surface area contributed by atoms with E-state index in [1.165, 1.54) is 0 Å². The Hall–Kier alpha value is -1.27. The number of anilines is 1. The van der Waals surface area contributed by atoms with Crippen molar-refractivity contribution in [1.82, 2.24) is 9.97 Å². The molecule has 0 aliphatic carbocycles. The number of hydrogen-bond acceptors (Lipinski definition) is 3. The Morgan fingerprint density at radius 2 is 1.89 bits per heavy atom. The van der Waals surface area contributed by atoms with Gasteiger partial charge in [0, 0.05) is 21.3 Å². The quantitative estimate of drug-likeness (QED) is 0.879. The number of aromatic nitrogens is 2. The van der Waals surface area contributed by atoms with Crippen LogP contribution >= 0.6 is 31.9 Å². The topological polar surface area (TPSA) is 54.9 Å². The Kier molecular flexibility index (Phi) is 4.08. The van der Waals surface area contributed by atoms with Crippen molar-refractivity contribution < 1.29 is 4.79 Å². The molecule has 4 nitrogen and oxygen atoms in total. The molecule has 0 atom stereocenters. The van der Waals surface area contributed by atoms with Gasteiger partial charge in [-0.3, -0.25) is 4.79 Å². The lowest BCUT2D eigenvalue weighted by Crippen LogP contribution is -2.15. The third-order valence-electron chi connectivity index (χ3n) is 2.24. The van der Waals surface area contributed by atoms with E-state index in [-0.39, 0.29) is 5.91 Å². The van der Waals surface area contributed by atoms with E-state index in [1.54, 1.807) is 24.5 Å². The lowest BCUT2D eigenvalue weighted by molar-refractivity contribution is 0.102. The molecule has 92 valence electrons. The number of rotatable bonds is 2. The lowest BCUT2D eigenvalue weighted by Gasteiger charge is -2.07. The summed E-state index contributed by atoms with van der Waals surface area (Å²) in [6.45, 7) is 1.88. The van der Waals surface area contributed by atoms with Gasteiger partial charge in [-0.25, -0.2) is 9.97 Å². The van der Waals surface area contributed by atoms with Gasteiger partial charge < -0.3 is 5.32 Å². The highest BCUT2D eigenvalue weighted by Gasteiger charge is 2.09. The maximum atomic E-state index is 11.9. The SMILES string of the molecule is Cc1cc(Br)cnc1NC(=O)c1ccc(Br)cn1. The fourth-order valence-corrected chi connectivity index (χ4v) is 2.03. The van der Waals surface area contributed by atoms with Crippen LogP contribution in [0.15, 0.2) is 39.5 Å². The molecule has 0 aromatic carbocycles. The monoisotopic (exact) mass is 369 g/mol. The van der Waals surface area contributed by atoms with E-state index in [0.717, 1.165) is 14.5 Å². The van der Waals surface area contributed by atoms with Gasteiger partial charge in [-0.1, -0.05) is 0 Å². The van der Waals surface area contributed by atoms with Gasteiger partial charge in [0.1, 0.15) is 11.5 Å². The van der Waals surface area contributed by atoms with Crippen molar-refractivity contribution in [3.63, 3.8) is 0 Å². The largest absolute Gasteiger partial charge is 0.305 e. The standard InChI is InChI=1S/C12H9Br2N3O/c1-7-4-9(14)6-16-11(7)17-12(18)10-3-2-8(13)5-15-10/h2-6H,1H3,(H,16,17,18). The minimum Gasteiger partial charge on any atom is -0.305 e. The molecule has 2 heterocycles. The Morgan fingerprint density at radius 1 is 1.17 bits per heavy atom. The minimum absolute atomic E-state index is 0.277. The molecule has 0 bridgehead atoms. The third kappa shape index (κ3) is 3.14. The first kappa shape index (κ1) is 13.2. The van der Waals surface area contributed by atoms with Crippen molar-refractivity contribution in [2.24, 2.45) is 0 Å². The van der Waals surface area contributed by atoms with Gasteiger partial charge in [0.2, 0.25) is 0 Å². The molecule has 1 amide bonds. The van der Waals surface area contributed by atoms with E-state index >= 15 is 0 Å². The first-order valence-electron chi connectivity index (χ1n) is 5.11. The van der Waals surface area contributed by atoms with Crippen molar-refractivity contribution in [3.05, 3.63) is 50.8 Å². The summed E-state index contributed by atoms with van der Waals surface area (Å²) in [6, 6.07) is 5.30. The van der Waals surface area contributed by atoms with Crippen LogP contribution in [0, 0.1) is 6.92 Å². The van der Waals surface area contributed by atoms with Gasteiger partial charge >= 0.3 is 0 Å². The molecule has 2 aromatic rings. The summed E-state index contributed by atoms with van der Waals surface area (Å²) in [7, 11) is 0. The molecule has 0 saturated carbocycles. The number of pyridine rings is 2. The average Bonchev–Trinajstić information content (AvgIpc) is 2.33. The van der Waals surface area contributed by atoms with Gasteiger partial charge in [0.15, 0.2) is 0 Å². The molecule has 0 radical (unpaired) electrons. The first-order chi connectivity index (χ1) is 8.56. The zero-order valence-corrected chi connectivity index (χ0v) is 12.6. The van der Waals surface area contributed by atoms with Crippen LogP contribution in [-0.4, -0.2) is 15.9 Å². The summed E-state index contributed by atoms with van der Waals surface area (Å²) in [5, 5.41) is 2.72. The number of nitrogens with one attached hydrogen (secondary N) is 1. The Balaban J connectivity index is 2.18. The number of hydrogen-bond donors (Lipinski definition) is 1. The maximum absolute atomic E-state index is 11.9. The molecule has 6 heteroatoms. The molecule has 2 rings (SSSR count).